The van der Waals surface area contributed by atoms with Crippen molar-refractivity contribution in [3.8, 4) is 0 Å². The van der Waals surface area contributed by atoms with Crippen molar-refractivity contribution in [1.82, 2.24) is 0 Å². The molecule has 1 atom stereocenters. The lowest BCUT2D eigenvalue weighted by molar-refractivity contribution is 0.909. The molecule has 14 heavy (non-hydrogen) atoms. The highest BCUT2D eigenvalue weighted by Gasteiger charge is 2.12. The third-order valence-electron chi connectivity index (χ3n) is 2.11. The molecule has 4 heteroatoms. The van der Waals surface area contributed by atoms with E-state index in [0.717, 1.165) is 11.4 Å². The fourth-order valence-electron chi connectivity index (χ4n) is 1.34. The van der Waals surface area contributed by atoms with Crippen LogP contribution in [0.3, 0.4) is 0 Å². The van der Waals surface area contributed by atoms with E-state index in [0.29, 0.717) is 5.92 Å². The number of hydrogen-bond acceptors (Lipinski definition) is 2. The summed E-state index contributed by atoms with van der Waals surface area (Å²) in [6.45, 7) is 2.05. The zero-order valence-electron chi connectivity index (χ0n) is 7.74. The summed E-state index contributed by atoms with van der Waals surface area (Å²) in [5.74, 6) is 0.480. The van der Waals surface area contributed by atoms with Gasteiger partial charge in [0.2, 0.25) is 0 Å². The van der Waals surface area contributed by atoms with E-state index < -0.39 is 0 Å². The number of hydrogen-bond donors (Lipinski definition) is 0. The van der Waals surface area contributed by atoms with Crippen molar-refractivity contribution in [2.45, 2.75) is 19.3 Å². The van der Waals surface area contributed by atoms with Crippen LogP contribution in [0.5, 0.6) is 0 Å². The van der Waals surface area contributed by atoms with Crippen LogP contribution in [0.1, 0.15) is 22.1 Å². The van der Waals surface area contributed by atoms with Gasteiger partial charge < -0.3 is 0 Å². The Morgan fingerprint density at radius 2 is 2.36 bits per heavy atom. The smallest absolute Gasteiger partial charge is 0.0545 e. The molecule has 0 aliphatic carbocycles. The Morgan fingerprint density at radius 3 is 2.86 bits per heavy atom. The molecule has 0 aromatic carbocycles. The molecule has 76 valence electrons. The normalized spacial score (nSPS) is 19.4. The summed E-state index contributed by atoms with van der Waals surface area (Å²) < 4.78 is 0. The zero-order chi connectivity index (χ0) is 9.26. The predicted octanol–water partition coefficient (Wildman–Crippen LogP) is 4.20. The molecule has 0 spiro atoms. The van der Waals surface area contributed by atoms with Crippen molar-refractivity contribution in [2.75, 3.05) is 0 Å². The van der Waals surface area contributed by atoms with E-state index in [1.54, 1.807) is 11.3 Å². The summed E-state index contributed by atoms with van der Waals surface area (Å²) >= 11 is 7.78. The topological polar surface area (TPSA) is 12.4 Å². The first kappa shape index (κ1) is 11.8. The number of halogens is 2. The van der Waals surface area contributed by atoms with Gasteiger partial charge in [-0.1, -0.05) is 17.7 Å². The van der Waals surface area contributed by atoms with Crippen LogP contribution >= 0.6 is 35.3 Å². The van der Waals surface area contributed by atoms with Crippen LogP contribution in [-0.4, -0.2) is 6.21 Å². The van der Waals surface area contributed by atoms with Crippen LogP contribution < -0.4 is 0 Å². The molecule has 1 aromatic heterocycles. The molecule has 1 aliphatic heterocycles. The van der Waals surface area contributed by atoms with Crippen LogP contribution in [0.25, 0.3) is 0 Å². The van der Waals surface area contributed by atoms with Gasteiger partial charge >= 0.3 is 0 Å². The van der Waals surface area contributed by atoms with E-state index in [2.05, 4.69) is 24.1 Å². The molecule has 1 nitrogen and oxygen atoms in total. The van der Waals surface area contributed by atoms with E-state index in [1.165, 1.54) is 9.75 Å². The maximum Gasteiger partial charge on any atom is 0.0545 e. The molecule has 1 unspecified atom stereocenters. The lowest BCUT2D eigenvalue weighted by Crippen LogP contribution is -1.95. The summed E-state index contributed by atoms with van der Waals surface area (Å²) in [4.78, 5) is 6.59. The van der Waals surface area contributed by atoms with Gasteiger partial charge in [-0.05, 0) is 19.4 Å². The first-order valence-electron chi connectivity index (χ1n) is 4.21. The molecule has 1 aliphatic rings. The standard InChI is InChI=1S/C10H10ClNS.ClH/c1-7-9(11)6-10(13-7)8-2-4-12-5-3-8;/h2,4-6,8H,3H2,1H3;1H. The lowest BCUT2D eigenvalue weighted by atomic mass is 10.0. The highest BCUT2D eigenvalue weighted by atomic mass is 35.5. The largest absolute Gasteiger partial charge is 0.269 e. The predicted molar refractivity (Wildman–Crippen MR) is 66.3 cm³/mol. The quantitative estimate of drug-likeness (QED) is 0.706. The van der Waals surface area contributed by atoms with E-state index in [-0.39, 0.29) is 12.4 Å². The molecule has 0 radical (unpaired) electrons. The monoisotopic (exact) mass is 247 g/mol. The van der Waals surface area contributed by atoms with Crippen molar-refractivity contribution in [2.24, 2.45) is 4.99 Å². The Hall–Kier alpha value is -0.310. The number of aryl methyl sites for hydroxylation is 1. The van der Waals surface area contributed by atoms with Gasteiger partial charge in [-0.15, -0.1) is 23.7 Å². The highest BCUT2D eigenvalue weighted by Crippen LogP contribution is 2.33. The van der Waals surface area contributed by atoms with Gasteiger partial charge in [-0.25, -0.2) is 0 Å². The molecule has 0 fully saturated rings. The molecule has 0 N–H and O–H groups in total. The molecule has 0 saturated heterocycles. The van der Waals surface area contributed by atoms with E-state index >= 15 is 0 Å². The third-order valence-corrected chi connectivity index (χ3v) is 3.80. The summed E-state index contributed by atoms with van der Waals surface area (Å²) in [7, 11) is 0. The van der Waals surface area contributed by atoms with E-state index in [9.17, 15) is 0 Å². The van der Waals surface area contributed by atoms with Crippen LogP contribution in [0.4, 0.5) is 0 Å². The lowest BCUT2D eigenvalue weighted by Gasteiger charge is -2.08. The fourth-order valence-corrected chi connectivity index (χ4v) is 2.65. The summed E-state index contributed by atoms with van der Waals surface area (Å²) in [6.07, 6.45) is 6.93. The molecule has 1 aromatic rings. The van der Waals surface area contributed by atoms with E-state index in [4.69, 9.17) is 11.6 Å². The van der Waals surface area contributed by atoms with Gasteiger partial charge in [-0.2, -0.15) is 0 Å². The molecule has 0 saturated carbocycles. The van der Waals surface area contributed by atoms with Gasteiger partial charge in [0.05, 0.1) is 5.02 Å². The van der Waals surface area contributed by atoms with Crippen molar-refractivity contribution in [3.05, 3.63) is 33.1 Å². The Morgan fingerprint density at radius 1 is 1.57 bits per heavy atom. The van der Waals surface area contributed by atoms with Gasteiger partial charge in [0.25, 0.3) is 0 Å². The van der Waals surface area contributed by atoms with Gasteiger partial charge in [0, 0.05) is 28.1 Å². The average molecular weight is 248 g/mol. The number of rotatable bonds is 1. The third kappa shape index (κ3) is 2.38. The average Bonchev–Trinajstić information content (AvgIpc) is 2.49. The molecule has 0 bridgehead atoms. The van der Waals surface area contributed by atoms with Crippen molar-refractivity contribution in [3.63, 3.8) is 0 Å². The molecular formula is C10H11Cl2NS. The van der Waals surface area contributed by atoms with Crippen LogP contribution in [0.15, 0.2) is 23.3 Å². The van der Waals surface area contributed by atoms with Crippen molar-refractivity contribution < 1.29 is 0 Å². The van der Waals surface area contributed by atoms with Crippen LogP contribution in [0.2, 0.25) is 5.02 Å². The van der Waals surface area contributed by atoms with Crippen LogP contribution in [0, 0.1) is 6.92 Å². The number of thiophene rings is 1. The maximum atomic E-state index is 6.00. The molecule has 2 rings (SSSR count). The summed E-state index contributed by atoms with van der Waals surface area (Å²) in [6, 6.07) is 2.07. The summed E-state index contributed by atoms with van der Waals surface area (Å²) in [5.41, 5.74) is 0. The molecule has 2 heterocycles. The maximum absolute atomic E-state index is 6.00. The molecular weight excluding hydrogens is 237 g/mol. The second-order valence-electron chi connectivity index (χ2n) is 3.07. The van der Waals surface area contributed by atoms with Gasteiger partial charge in [0.15, 0.2) is 0 Å². The SMILES string of the molecule is Cc1sc(C2C=CN=CC2)cc1Cl.Cl. The fraction of sp³-hybridized carbons (Fsp3) is 0.300. The zero-order valence-corrected chi connectivity index (χ0v) is 10.1. The first-order valence-corrected chi connectivity index (χ1v) is 5.41. The van der Waals surface area contributed by atoms with Gasteiger partial charge in [0.1, 0.15) is 0 Å². The van der Waals surface area contributed by atoms with Crippen LogP contribution in [-0.2, 0) is 0 Å². The second-order valence-corrected chi connectivity index (χ2v) is 4.76. The minimum atomic E-state index is 0. The Bertz CT molecular complexity index is 349. The highest BCUT2D eigenvalue weighted by molar-refractivity contribution is 7.12. The first-order chi connectivity index (χ1) is 6.27. The minimum absolute atomic E-state index is 0. The Labute approximate surface area is 98.9 Å². The minimum Gasteiger partial charge on any atom is -0.269 e. The Balaban J connectivity index is 0.000000980. The van der Waals surface area contributed by atoms with Gasteiger partial charge in [-0.3, -0.25) is 4.99 Å². The second kappa shape index (κ2) is 4.96. The van der Waals surface area contributed by atoms with Crippen molar-refractivity contribution >= 4 is 41.6 Å². The molecule has 0 amide bonds. The Kier molecular flexibility index (Phi) is 4.17. The number of aliphatic imine (C=N–C) groups is 1. The van der Waals surface area contributed by atoms with E-state index in [1.807, 2.05) is 12.4 Å². The number of allylic oxidation sites excluding steroid dienone is 1. The van der Waals surface area contributed by atoms with Crippen molar-refractivity contribution in [1.29, 1.82) is 0 Å². The number of nitrogens with zero attached hydrogens (tertiary/aromatic N) is 1. The summed E-state index contributed by atoms with van der Waals surface area (Å²) in [5, 5.41) is 0.885.